The van der Waals surface area contributed by atoms with Gasteiger partial charge in [0.2, 0.25) is 0 Å². The topological polar surface area (TPSA) is 48.4 Å². The summed E-state index contributed by atoms with van der Waals surface area (Å²) < 4.78 is 45.5. The molecule has 0 saturated heterocycles. The Balaban J connectivity index is 3.18. The van der Waals surface area contributed by atoms with Gasteiger partial charge in [-0.15, -0.1) is 13.2 Å². The molecule has 1 rings (SSSR count). The van der Waals surface area contributed by atoms with Crippen molar-refractivity contribution in [2.75, 3.05) is 6.61 Å². The molecule has 0 bridgehead atoms. The molecule has 0 saturated carbocycles. The molecule has 0 atom stereocenters. The Hall–Kier alpha value is -0.580. The number of alkyl halides is 4. The summed E-state index contributed by atoms with van der Waals surface area (Å²) in [5.74, 6) is -1.11. The molecule has 0 unspecified atom stereocenters. The first kappa shape index (κ1) is 16.5. The van der Waals surface area contributed by atoms with Crippen LogP contribution in [0, 0.1) is 3.57 Å². The number of rotatable bonds is 4. The Morgan fingerprint density at radius 1 is 1.53 bits per heavy atom. The molecule has 9 heteroatoms. The van der Waals surface area contributed by atoms with Gasteiger partial charge in [0, 0.05) is 5.33 Å². The third kappa shape index (κ3) is 4.79. The van der Waals surface area contributed by atoms with E-state index in [1.165, 1.54) is 6.07 Å². The number of halogens is 5. The number of hydrogen-bond acceptors (Lipinski definition) is 4. The predicted molar refractivity (Wildman–Crippen MR) is 72.2 cm³/mol. The Bertz CT molecular complexity index is 482. The molecule has 0 radical (unpaired) electrons. The summed E-state index contributed by atoms with van der Waals surface area (Å²) in [5, 5.41) is 0.0155. The lowest BCUT2D eigenvalue weighted by molar-refractivity contribution is -0.275. The molecule has 106 valence electrons. The molecule has 0 aromatic carbocycles. The molecular formula is C10H8BrF3INO3. The SMILES string of the molecule is CCOC(=O)c1cc(I)c(OC(F)(F)F)c(CBr)n1. The number of esters is 1. The van der Waals surface area contributed by atoms with Crippen molar-refractivity contribution in [1.82, 2.24) is 4.98 Å². The summed E-state index contributed by atoms with van der Waals surface area (Å²) in [6.07, 6.45) is -4.82. The number of carbonyl (C=O) groups is 1. The quantitative estimate of drug-likeness (QED) is 0.396. The van der Waals surface area contributed by atoms with Crippen LogP contribution in [0.1, 0.15) is 23.1 Å². The fourth-order valence-corrected chi connectivity index (χ4v) is 2.27. The summed E-state index contributed by atoms with van der Waals surface area (Å²) in [5.41, 5.74) is -0.0810. The van der Waals surface area contributed by atoms with E-state index < -0.39 is 18.1 Å². The van der Waals surface area contributed by atoms with Crippen molar-refractivity contribution in [1.29, 1.82) is 0 Å². The van der Waals surface area contributed by atoms with Crippen molar-refractivity contribution in [3.63, 3.8) is 0 Å². The molecule has 1 aromatic heterocycles. The van der Waals surface area contributed by atoms with Gasteiger partial charge >= 0.3 is 12.3 Å². The monoisotopic (exact) mass is 453 g/mol. The van der Waals surface area contributed by atoms with Crippen LogP contribution >= 0.6 is 38.5 Å². The van der Waals surface area contributed by atoms with Crippen LogP contribution in [0.5, 0.6) is 5.75 Å². The average Bonchev–Trinajstić information content (AvgIpc) is 2.30. The smallest absolute Gasteiger partial charge is 0.461 e. The van der Waals surface area contributed by atoms with E-state index in [1.807, 2.05) is 0 Å². The predicted octanol–water partition coefficient (Wildman–Crippen LogP) is 3.66. The molecule has 19 heavy (non-hydrogen) atoms. The molecule has 0 aliphatic heterocycles. The number of ether oxygens (including phenoxy) is 2. The van der Waals surface area contributed by atoms with Crippen LogP contribution in [0.25, 0.3) is 0 Å². The fourth-order valence-electron chi connectivity index (χ4n) is 1.18. The van der Waals surface area contributed by atoms with Crippen molar-refractivity contribution in [2.45, 2.75) is 18.6 Å². The van der Waals surface area contributed by atoms with E-state index in [2.05, 4.69) is 25.7 Å². The molecule has 0 aliphatic carbocycles. The number of pyridine rings is 1. The Labute approximate surface area is 128 Å². The van der Waals surface area contributed by atoms with Crippen LogP contribution in [-0.2, 0) is 10.1 Å². The summed E-state index contributed by atoms with van der Waals surface area (Å²) in [7, 11) is 0. The van der Waals surface area contributed by atoms with Gasteiger partial charge in [0.05, 0.1) is 15.9 Å². The maximum atomic E-state index is 12.3. The second-order valence-corrected chi connectivity index (χ2v) is 4.89. The molecule has 1 aromatic rings. The molecule has 0 amide bonds. The lowest BCUT2D eigenvalue weighted by Gasteiger charge is -2.14. The Kier molecular flexibility index (Phi) is 5.83. The van der Waals surface area contributed by atoms with Crippen molar-refractivity contribution >= 4 is 44.5 Å². The van der Waals surface area contributed by atoms with Crippen molar-refractivity contribution in [2.24, 2.45) is 0 Å². The number of aromatic nitrogens is 1. The molecule has 0 spiro atoms. The highest BCUT2D eigenvalue weighted by Gasteiger charge is 2.34. The van der Waals surface area contributed by atoms with Crippen molar-refractivity contribution < 1.29 is 27.4 Å². The second-order valence-electron chi connectivity index (χ2n) is 3.17. The fraction of sp³-hybridized carbons (Fsp3) is 0.400. The largest absolute Gasteiger partial charge is 0.573 e. The second kappa shape index (κ2) is 6.73. The summed E-state index contributed by atoms with van der Waals surface area (Å²) >= 11 is 4.65. The van der Waals surface area contributed by atoms with E-state index in [4.69, 9.17) is 4.74 Å². The van der Waals surface area contributed by atoms with Gasteiger partial charge in [0.15, 0.2) is 5.75 Å². The van der Waals surface area contributed by atoms with E-state index in [9.17, 15) is 18.0 Å². The molecule has 0 N–H and O–H groups in total. The average molecular weight is 454 g/mol. The first-order valence-electron chi connectivity index (χ1n) is 4.96. The zero-order valence-electron chi connectivity index (χ0n) is 9.55. The minimum absolute atomic E-state index is 0.0155. The van der Waals surface area contributed by atoms with Gasteiger partial charge in [-0.1, -0.05) is 15.9 Å². The number of carbonyl (C=O) groups excluding carboxylic acids is 1. The third-order valence-corrected chi connectivity index (χ3v) is 3.16. The van der Waals surface area contributed by atoms with Gasteiger partial charge < -0.3 is 9.47 Å². The number of nitrogens with zero attached hydrogens (tertiary/aromatic N) is 1. The van der Waals surface area contributed by atoms with Crippen molar-refractivity contribution in [3.8, 4) is 5.75 Å². The highest BCUT2D eigenvalue weighted by molar-refractivity contribution is 14.1. The van der Waals surface area contributed by atoms with Gasteiger partial charge in [-0.05, 0) is 35.6 Å². The zero-order valence-corrected chi connectivity index (χ0v) is 13.3. The summed E-state index contributed by atoms with van der Waals surface area (Å²) in [6, 6.07) is 1.19. The van der Waals surface area contributed by atoms with Crippen molar-refractivity contribution in [3.05, 3.63) is 21.0 Å². The van der Waals surface area contributed by atoms with Crippen LogP contribution in [0.3, 0.4) is 0 Å². The first-order chi connectivity index (χ1) is 8.78. The normalized spacial score (nSPS) is 11.3. The highest BCUT2D eigenvalue weighted by Crippen LogP contribution is 2.32. The third-order valence-electron chi connectivity index (χ3n) is 1.83. The van der Waals surface area contributed by atoms with Crippen LogP contribution in [0.4, 0.5) is 13.2 Å². The maximum absolute atomic E-state index is 12.3. The first-order valence-corrected chi connectivity index (χ1v) is 7.16. The zero-order chi connectivity index (χ0) is 14.6. The van der Waals surface area contributed by atoms with Gasteiger partial charge in [-0.25, -0.2) is 9.78 Å². The van der Waals surface area contributed by atoms with Crippen LogP contribution in [-0.4, -0.2) is 23.9 Å². The van der Waals surface area contributed by atoms with Crippen LogP contribution < -0.4 is 4.74 Å². The van der Waals surface area contributed by atoms with E-state index in [1.54, 1.807) is 29.5 Å². The molecule has 4 nitrogen and oxygen atoms in total. The lowest BCUT2D eigenvalue weighted by Crippen LogP contribution is -2.20. The Morgan fingerprint density at radius 2 is 2.16 bits per heavy atom. The van der Waals surface area contributed by atoms with Gasteiger partial charge in [-0.2, -0.15) is 0 Å². The maximum Gasteiger partial charge on any atom is 0.573 e. The standard InChI is InChI=1S/C10H8BrF3INO3/c1-2-18-9(17)6-3-5(15)8(7(4-11)16-6)19-10(12,13)14/h3H,2,4H2,1H3. The highest BCUT2D eigenvalue weighted by atomic mass is 127. The van der Waals surface area contributed by atoms with Gasteiger partial charge in [0.25, 0.3) is 0 Å². The molecule has 0 fully saturated rings. The van der Waals surface area contributed by atoms with Crippen LogP contribution in [0.2, 0.25) is 0 Å². The van der Waals surface area contributed by atoms with Gasteiger partial charge in [-0.3, -0.25) is 0 Å². The lowest BCUT2D eigenvalue weighted by atomic mass is 10.3. The van der Waals surface area contributed by atoms with E-state index in [0.29, 0.717) is 0 Å². The minimum atomic E-state index is -4.82. The van der Waals surface area contributed by atoms with Gasteiger partial charge in [0.1, 0.15) is 5.69 Å². The summed E-state index contributed by atoms with van der Waals surface area (Å²) in [6.45, 7) is 1.77. The molecule has 0 aliphatic rings. The van der Waals surface area contributed by atoms with E-state index >= 15 is 0 Å². The van der Waals surface area contributed by atoms with E-state index in [-0.39, 0.29) is 26.9 Å². The van der Waals surface area contributed by atoms with E-state index in [0.717, 1.165) is 0 Å². The number of hydrogen-bond donors (Lipinski definition) is 0. The molecular weight excluding hydrogens is 446 g/mol. The minimum Gasteiger partial charge on any atom is -0.461 e. The molecule has 1 heterocycles. The van der Waals surface area contributed by atoms with Crippen LogP contribution in [0.15, 0.2) is 6.07 Å². The Morgan fingerprint density at radius 3 is 2.63 bits per heavy atom. The summed E-state index contributed by atoms with van der Waals surface area (Å²) in [4.78, 5) is 15.3.